The molecule has 0 atom stereocenters. The number of para-hydroxylation sites is 1. The van der Waals surface area contributed by atoms with E-state index in [9.17, 15) is 29.4 Å². The molecule has 0 saturated heterocycles. The van der Waals surface area contributed by atoms with E-state index >= 15 is 0 Å². The number of carbonyl (C=O) groups is 4. The molecule has 15 nitrogen and oxygen atoms in total. The largest absolute Gasteiger partial charge is 0.491 e. The van der Waals surface area contributed by atoms with E-state index in [1.165, 1.54) is 45.0 Å². The van der Waals surface area contributed by atoms with Gasteiger partial charge in [-0.1, -0.05) is 83.3 Å². The molecule has 4 aromatic heterocycles. The minimum Gasteiger partial charge on any atom is -0.491 e. The first-order chi connectivity index (χ1) is 34.6. The van der Waals surface area contributed by atoms with Crippen LogP contribution in [0.1, 0.15) is 56.9 Å². The Labute approximate surface area is 418 Å². The average Bonchev–Trinajstić information content (AvgIpc) is 4.19. The fourth-order valence-electron chi connectivity index (χ4n) is 9.07. The number of fused-ring (bicyclic) bond motifs is 4. The number of aromatic carboxylic acids is 2. The Balaban J connectivity index is 0.916. The van der Waals surface area contributed by atoms with E-state index in [1.807, 2.05) is 103 Å². The number of nitrogens with one attached hydrogen (secondary N) is 2. The first-order valence-corrected chi connectivity index (χ1v) is 25.5. The van der Waals surface area contributed by atoms with Crippen molar-refractivity contribution in [2.45, 2.75) is 38.5 Å². The molecule has 9 aromatic rings. The summed E-state index contributed by atoms with van der Waals surface area (Å²) >= 11 is 3.97. The highest BCUT2D eigenvalue weighted by Crippen LogP contribution is 2.42. The fourth-order valence-corrected chi connectivity index (χ4v) is 11.6. The molecule has 18 heteroatoms. The van der Waals surface area contributed by atoms with Crippen molar-refractivity contribution in [3.05, 3.63) is 149 Å². The number of thiazole rings is 3. The second-order valence-electron chi connectivity index (χ2n) is 17.1. The van der Waals surface area contributed by atoms with E-state index in [-0.39, 0.29) is 29.2 Å². The number of carboxylic acids is 2. The van der Waals surface area contributed by atoms with Gasteiger partial charge in [0.25, 0.3) is 0 Å². The number of aromatic nitrogens is 4. The van der Waals surface area contributed by atoms with Crippen molar-refractivity contribution >= 4 is 100 Å². The van der Waals surface area contributed by atoms with Crippen molar-refractivity contribution < 1.29 is 34.1 Å². The average molecular weight is 999 g/mol. The number of rotatable bonds is 12. The van der Waals surface area contributed by atoms with Gasteiger partial charge in [0.05, 0.1) is 32.7 Å². The number of aryl methyl sites for hydroxylation is 1. The van der Waals surface area contributed by atoms with E-state index in [1.54, 1.807) is 21.9 Å². The molecular formula is C53H42N8O7S3. The van der Waals surface area contributed by atoms with Crippen LogP contribution in [0.15, 0.2) is 121 Å². The molecule has 0 saturated carbocycles. The summed E-state index contributed by atoms with van der Waals surface area (Å²) < 4.78 is 7.79. The first kappa shape index (κ1) is 45.4. The zero-order valence-electron chi connectivity index (χ0n) is 37.8. The van der Waals surface area contributed by atoms with Crippen LogP contribution in [-0.2, 0) is 19.3 Å². The van der Waals surface area contributed by atoms with Crippen molar-refractivity contribution in [3.63, 3.8) is 0 Å². The van der Waals surface area contributed by atoms with Gasteiger partial charge in [0.15, 0.2) is 27.4 Å². The van der Waals surface area contributed by atoms with Gasteiger partial charge in [-0.05, 0) is 121 Å². The van der Waals surface area contributed by atoms with E-state index in [0.29, 0.717) is 76.7 Å². The quantitative estimate of drug-likeness (QED) is 0.0849. The van der Waals surface area contributed by atoms with Gasteiger partial charge in [-0.15, -0.1) is 11.3 Å². The molecule has 2 aliphatic heterocycles. The van der Waals surface area contributed by atoms with Crippen molar-refractivity contribution in [2.24, 2.45) is 0 Å². The summed E-state index contributed by atoms with van der Waals surface area (Å²) in [5.41, 5.74) is 9.17. The Morgan fingerprint density at radius 2 is 1.38 bits per heavy atom. The molecule has 0 spiro atoms. The number of carboxylic acid groups (broad SMARTS) is 2. The van der Waals surface area contributed by atoms with Crippen molar-refractivity contribution in [1.29, 1.82) is 0 Å². The molecule has 354 valence electrons. The zero-order valence-corrected chi connectivity index (χ0v) is 40.2. The summed E-state index contributed by atoms with van der Waals surface area (Å²) in [6, 6.07) is 36.0. The fraction of sp³-hybridized carbons (Fsp3) is 0.170. The number of benzene rings is 5. The summed E-state index contributed by atoms with van der Waals surface area (Å²) in [5.74, 6) is -2.15. The van der Waals surface area contributed by atoms with Gasteiger partial charge in [-0.25, -0.2) is 39.1 Å². The Morgan fingerprint density at radius 1 is 0.648 bits per heavy atom. The normalized spacial score (nSPS) is 13.2. The van der Waals surface area contributed by atoms with E-state index in [0.717, 1.165) is 67.7 Å². The summed E-state index contributed by atoms with van der Waals surface area (Å²) in [6.45, 7) is 1.21. The molecule has 0 aliphatic carbocycles. The number of nitrogens with zero attached hydrogens (tertiary/aromatic N) is 6. The molecule has 5 aromatic carbocycles. The predicted molar refractivity (Wildman–Crippen MR) is 279 cm³/mol. The van der Waals surface area contributed by atoms with Crippen LogP contribution < -0.4 is 25.2 Å². The van der Waals surface area contributed by atoms with Crippen molar-refractivity contribution in [2.75, 3.05) is 40.1 Å². The summed E-state index contributed by atoms with van der Waals surface area (Å²) in [4.78, 5) is 74.3. The minimum absolute atomic E-state index is 0.0269. The molecule has 71 heavy (non-hydrogen) atoms. The number of carbonyl (C=O) groups excluding carboxylic acids is 2. The standard InChI is InChI=1S/C53H42N8O7S3/c62-48(63)40-29-69-47(55-40)33-16-15-31-21-23-61(41(31)26-33)53(67)59-51-57-39-18-17-32(28-45(39)71-51)36-25-34(37-19-20-43(46(54-37)49(64)65)68-24-8-11-30-9-2-1-3-10-30)27-42-35(36)12-6-7-22-60(42)52(66)58-50-56-38-13-4-5-14-44(38)70-50/h1-5,9-10,13-20,25-29H,6-8,11-12,21-24H2,(H,62,63)(H,64,65)(H,56,58,66)(H,57,59,67). The summed E-state index contributed by atoms with van der Waals surface area (Å²) in [5, 5.41) is 28.8. The highest BCUT2D eigenvalue weighted by Gasteiger charge is 2.29. The highest BCUT2D eigenvalue weighted by atomic mass is 32.1. The molecule has 0 radical (unpaired) electrons. The van der Waals surface area contributed by atoms with E-state index < -0.39 is 11.9 Å². The van der Waals surface area contributed by atoms with Crippen LogP contribution in [0.3, 0.4) is 0 Å². The van der Waals surface area contributed by atoms with Gasteiger partial charge in [-0.2, -0.15) is 0 Å². The van der Waals surface area contributed by atoms with Crippen molar-refractivity contribution in [3.8, 4) is 38.7 Å². The van der Waals surface area contributed by atoms with Crippen molar-refractivity contribution in [1.82, 2.24) is 19.9 Å². The second kappa shape index (κ2) is 19.4. The Kier molecular flexibility index (Phi) is 12.4. The maximum atomic E-state index is 14.4. The van der Waals surface area contributed by atoms with Gasteiger partial charge in [0, 0.05) is 41.0 Å². The molecule has 2 aliphatic rings. The summed E-state index contributed by atoms with van der Waals surface area (Å²) in [7, 11) is 0. The Morgan fingerprint density at radius 3 is 2.15 bits per heavy atom. The number of ether oxygens (including phenoxy) is 1. The number of hydrogen-bond donors (Lipinski definition) is 4. The third kappa shape index (κ3) is 9.39. The third-order valence-corrected chi connectivity index (χ3v) is 15.3. The predicted octanol–water partition coefficient (Wildman–Crippen LogP) is 12.1. The van der Waals surface area contributed by atoms with Gasteiger partial charge in [-0.3, -0.25) is 20.4 Å². The molecule has 0 unspecified atom stereocenters. The van der Waals surface area contributed by atoms with Crippen LogP contribution in [0, 0.1) is 0 Å². The maximum Gasteiger partial charge on any atom is 0.358 e. The molecule has 0 bridgehead atoms. The van der Waals surface area contributed by atoms with Gasteiger partial charge in [0.1, 0.15) is 5.01 Å². The SMILES string of the molecule is O=C(O)c1csc(-c2ccc3c(c2)N(C(=O)Nc2nc4ccc(-c5cc(-c6ccc(OCCCc7ccccc7)c(C(=O)O)n6)cc6c5CCCCN6C(=O)Nc5nc6ccccc6s5)cc4s2)CC3)n1. The maximum absolute atomic E-state index is 14.4. The van der Waals surface area contributed by atoms with E-state index in [4.69, 9.17) is 9.72 Å². The van der Waals surface area contributed by atoms with Crippen LogP contribution in [0.25, 0.3) is 53.4 Å². The number of anilines is 4. The van der Waals surface area contributed by atoms with Crippen LogP contribution in [-0.4, -0.2) is 73.8 Å². The zero-order chi connectivity index (χ0) is 48.6. The van der Waals surface area contributed by atoms with Crippen LogP contribution in [0.5, 0.6) is 5.75 Å². The lowest BCUT2D eigenvalue weighted by atomic mass is 9.92. The highest BCUT2D eigenvalue weighted by molar-refractivity contribution is 7.22. The van der Waals surface area contributed by atoms with Gasteiger partial charge >= 0.3 is 24.0 Å². The molecule has 4 amide bonds. The minimum atomic E-state index is -1.22. The lowest BCUT2D eigenvalue weighted by Crippen LogP contribution is -2.35. The molecule has 0 fully saturated rings. The third-order valence-electron chi connectivity index (χ3n) is 12.5. The molecular weight excluding hydrogens is 957 g/mol. The van der Waals surface area contributed by atoms with Crippen LogP contribution >= 0.6 is 34.0 Å². The molecule has 6 heterocycles. The Bertz CT molecular complexity index is 3520. The lowest BCUT2D eigenvalue weighted by molar-refractivity contribution is 0.0677. The first-order valence-electron chi connectivity index (χ1n) is 23.0. The van der Waals surface area contributed by atoms with E-state index in [2.05, 4.69) is 25.6 Å². The monoisotopic (exact) mass is 998 g/mol. The number of pyridine rings is 1. The van der Waals surface area contributed by atoms with Gasteiger partial charge < -0.3 is 14.9 Å². The smallest absolute Gasteiger partial charge is 0.358 e. The lowest BCUT2D eigenvalue weighted by Gasteiger charge is -2.25. The van der Waals surface area contributed by atoms with Crippen LogP contribution in [0.4, 0.5) is 31.2 Å². The number of urea groups is 2. The number of amides is 4. The summed E-state index contributed by atoms with van der Waals surface area (Å²) in [6.07, 6.45) is 4.36. The van der Waals surface area contributed by atoms with Crippen LogP contribution in [0.2, 0.25) is 0 Å². The number of hydrogen-bond acceptors (Lipinski definition) is 12. The molecule has 4 N–H and O–H groups in total. The topological polar surface area (TPSA) is 200 Å². The van der Waals surface area contributed by atoms with Gasteiger partial charge in [0.2, 0.25) is 0 Å². The Hall–Kier alpha value is -8.06. The second-order valence-corrected chi connectivity index (χ2v) is 20.0. The molecule has 11 rings (SSSR count).